The zero-order chi connectivity index (χ0) is 23.4. The van der Waals surface area contributed by atoms with Gasteiger partial charge in [-0.25, -0.2) is 0 Å². The minimum Gasteiger partial charge on any atom is -0.297 e. The van der Waals surface area contributed by atoms with Crippen molar-refractivity contribution < 1.29 is 0 Å². The van der Waals surface area contributed by atoms with Gasteiger partial charge in [0.2, 0.25) is 0 Å². The van der Waals surface area contributed by atoms with E-state index in [2.05, 4.69) is 85.6 Å². The average molecular weight is 436 g/mol. The van der Waals surface area contributed by atoms with E-state index < -0.39 is 0 Å². The number of rotatable bonds is 3. The van der Waals surface area contributed by atoms with Crippen molar-refractivity contribution in [3.63, 3.8) is 0 Å². The molecule has 2 heteroatoms. The molecule has 176 valence electrons. The van der Waals surface area contributed by atoms with Crippen LogP contribution < -0.4 is 0 Å². The first kappa shape index (κ1) is 27.8. The Hall–Kier alpha value is -0.240. The van der Waals surface area contributed by atoms with Gasteiger partial charge >= 0.3 is 0 Å². The van der Waals surface area contributed by atoms with Crippen molar-refractivity contribution in [1.29, 1.82) is 0 Å². The lowest BCUT2D eigenvalue weighted by Crippen LogP contribution is -2.37. The number of hydrogen-bond donors (Lipinski definition) is 0. The molecule has 3 saturated carbocycles. The third kappa shape index (κ3) is 5.57. The van der Waals surface area contributed by atoms with Crippen LogP contribution in [-0.2, 0) is 0 Å². The molecule has 0 aromatic rings. The fraction of sp³-hybridized carbons (Fsp3) is 0.893. The SMILES string of the molecule is C=CC.CCC1(SCC(C)(C)C)CCCC1(C)C.CN=C1CC2CCC1(C)C2(C)C. The molecule has 0 saturated heterocycles. The summed E-state index contributed by atoms with van der Waals surface area (Å²) in [7, 11) is 1.96. The summed E-state index contributed by atoms with van der Waals surface area (Å²) in [6.07, 6.45) is 11.4. The van der Waals surface area contributed by atoms with E-state index in [9.17, 15) is 0 Å². The van der Waals surface area contributed by atoms with E-state index in [4.69, 9.17) is 0 Å². The van der Waals surface area contributed by atoms with Crippen molar-refractivity contribution in [2.75, 3.05) is 12.8 Å². The predicted octanol–water partition coefficient (Wildman–Crippen LogP) is 9.22. The fourth-order valence-electron chi connectivity index (χ4n) is 6.03. The molecule has 0 spiro atoms. The first-order valence-electron chi connectivity index (χ1n) is 12.3. The van der Waals surface area contributed by atoms with Crippen LogP contribution in [-0.4, -0.2) is 23.3 Å². The maximum Gasteiger partial charge on any atom is 0.0276 e. The molecule has 0 aliphatic heterocycles. The Bertz CT molecular complexity index is 594. The van der Waals surface area contributed by atoms with Crippen molar-refractivity contribution in [3.8, 4) is 0 Å². The Morgan fingerprint density at radius 2 is 1.67 bits per heavy atom. The van der Waals surface area contributed by atoms with Gasteiger partial charge in [-0.3, -0.25) is 4.99 Å². The van der Waals surface area contributed by atoms with Crippen LogP contribution in [0.25, 0.3) is 0 Å². The molecule has 0 amide bonds. The second kappa shape index (κ2) is 10.1. The highest BCUT2D eigenvalue weighted by molar-refractivity contribution is 8.00. The van der Waals surface area contributed by atoms with E-state index in [1.165, 1.54) is 56.4 Å². The molecule has 0 N–H and O–H groups in total. The quantitative estimate of drug-likeness (QED) is 0.402. The zero-order valence-corrected chi connectivity index (χ0v) is 23.2. The molecular formula is C28H53NS. The minimum atomic E-state index is 0.423. The smallest absolute Gasteiger partial charge is 0.0276 e. The molecule has 3 aliphatic carbocycles. The Morgan fingerprint density at radius 3 is 1.93 bits per heavy atom. The van der Waals surface area contributed by atoms with E-state index in [-0.39, 0.29) is 0 Å². The van der Waals surface area contributed by atoms with Crippen LogP contribution in [0.1, 0.15) is 114 Å². The molecule has 3 atom stereocenters. The molecular weight excluding hydrogens is 382 g/mol. The number of fused-ring (bicyclic) bond motifs is 2. The summed E-state index contributed by atoms with van der Waals surface area (Å²) in [5, 5.41) is 0. The lowest BCUT2D eigenvalue weighted by molar-refractivity contribution is 0.194. The van der Waals surface area contributed by atoms with Gasteiger partial charge in [-0.1, -0.05) is 74.8 Å². The standard InChI is InChI=1S/C14H28S.C11H19N.C3H6/c1-7-14(15-11-12(2,3)4)10-8-9-13(14,5)6;1-10(2)8-5-6-11(10,3)9(7-8)12-4;1-3-2/h7-11H2,1-6H3;8H,5-7H2,1-4H3;3H,1H2,2H3. The molecule has 3 aliphatic rings. The normalized spacial score (nSPS) is 34.8. The molecule has 30 heavy (non-hydrogen) atoms. The average Bonchev–Trinajstić information content (AvgIpc) is 3.13. The van der Waals surface area contributed by atoms with E-state index in [1.54, 1.807) is 6.08 Å². The number of nitrogens with zero attached hydrogens (tertiary/aromatic N) is 1. The van der Waals surface area contributed by atoms with Crippen LogP contribution in [0, 0.1) is 27.6 Å². The largest absolute Gasteiger partial charge is 0.297 e. The maximum atomic E-state index is 4.45. The summed E-state index contributed by atoms with van der Waals surface area (Å²) in [5.41, 5.74) is 3.40. The van der Waals surface area contributed by atoms with Gasteiger partial charge in [-0.15, -0.1) is 6.58 Å². The van der Waals surface area contributed by atoms with Gasteiger partial charge in [0.1, 0.15) is 0 Å². The summed E-state index contributed by atoms with van der Waals surface area (Å²) in [6.45, 7) is 26.9. The van der Waals surface area contributed by atoms with Gasteiger partial charge < -0.3 is 0 Å². The zero-order valence-electron chi connectivity index (χ0n) is 22.4. The van der Waals surface area contributed by atoms with Crippen LogP contribution in [0.4, 0.5) is 0 Å². The van der Waals surface area contributed by atoms with Crippen molar-refractivity contribution >= 4 is 17.5 Å². The topological polar surface area (TPSA) is 12.4 Å². The van der Waals surface area contributed by atoms with Crippen molar-refractivity contribution in [1.82, 2.24) is 0 Å². The molecule has 3 rings (SSSR count). The van der Waals surface area contributed by atoms with Crippen LogP contribution in [0.15, 0.2) is 17.6 Å². The highest BCUT2D eigenvalue weighted by atomic mass is 32.2. The fourth-order valence-corrected chi connectivity index (χ4v) is 7.72. The van der Waals surface area contributed by atoms with Gasteiger partial charge in [0.15, 0.2) is 0 Å². The number of hydrogen-bond acceptors (Lipinski definition) is 2. The maximum absolute atomic E-state index is 4.45. The second-order valence-electron chi connectivity index (χ2n) is 12.5. The summed E-state index contributed by atoms with van der Waals surface area (Å²) in [5.74, 6) is 2.20. The molecule has 3 unspecified atom stereocenters. The van der Waals surface area contributed by atoms with Crippen LogP contribution in [0.5, 0.6) is 0 Å². The molecule has 0 aromatic heterocycles. The summed E-state index contributed by atoms with van der Waals surface area (Å²) in [4.78, 5) is 4.45. The van der Waals surface area contributed by atoms with Gasteiger partial charge in [0.25, 0.3) is 0 Å². The summed E-state index contributed by atoms with van der Waals surface area (Å²) >= 11 is 2.25. The summed E-state index contributed by atoms with van der Waals surface area (Å²) in [6, 6.07) is 0. The Kier molecular flexibility index (Phi) is 9.39. The van der Waals surface area contributed by atoms with Gasteiger partial charge in [0.05, 0.1) is 0 Å². The molecule has 1 nitrogen and oxygen atoms in total. The van der Waals surface area contributed by atoms with Gasteiger partial charge in [0, 0.05) is 22.9 Å². The van der Waals surface area contributed by atoms with Crippen LogP contribution in [0.3, 0.4) is 0 Å². The highest BCUT2D eigenvalue weighted by Gasteiger charge is 2.59. The molecule has 0 heterocycles. The first-order chi connectivity index (χ1) is 13.7. The Balaban J connectivity index is 0.000000269. The van der Waals surface area contributed by atoms with E-state index in [0.29, 0.717) is 26.4 Å². The Morgan fingerprint density at radius 1 is 1.10 bits per heavy atom. The van der Waals surface area contributed by atoms with E-state index in [0.717, 1.165) is 5.92 Å². The van der Waals surface area contributed by atoms with Crippen LogP contribution in [0.2, 0.25) is 0 Å². The Labute approximate surface area is 194 Å². The second-order valence-corrected chi connectivity index (χ2v) is 13.9. The molecule has 0 aromatic carbocycles. The third-order valence-electron chi connectivity index (χ3n) is 8.75. The van der Waals surface area contributed by atoms with Crippen molar-refractivity contribution in [2.24, 2.45) is 32.6 Å². The van der Waals surface area contributed by atoms with Gasteiger partial charge in [-0.2, -0.15) is 11.8 Å². The van der Waals surface area contributed by atoms with E-state index in [1.807, 2.05) is 14.0 Å². The first-order valence-corrected chi connectivity index (χ1v) is 13.3. The third-order valence-corrected chi connectivity index (χ3v) is 11.4. The van der Waals surface area contributed by atoms with Crippen molar-refractivity contribution in [2.45, 2.75) is 119 Å². The highest BCUT2D eigenvalue weighted by Crippen LogP contribution is 2.64. The van der Waals surface area contributed by atoms with Crippen LogP contribution >= 0.6 is 11.8 Å². The number of thioether (sulfide) groups is 1. The number of allylic oxidation sites excluding steroid dienone is 1. The lowest BCUT2D eigenvalue weighted by atomic mass is 9.70. The summed E-state index contributed by atoms with van der Waals surface area (Å²) < 4.78 is 0.556. The predicted molar refractivity (Wildman–Crippen MR) is 141 cm³/mol. The molecule has 2 bridgehead atoms. The molecule has 3 fully saturated rings. The van der Waals surface area contributed by atoms with Crippen molar-refractivity contribution in [3.05, 3.63) is 12.7 Å². The lowest BCUT2D eigenvalue weighted by Gasteiger charge is -2.42. The number of aliphatic imine (C=N–C) groups is 1. The molecule has 0 radical (unpaired) electrons. The van der Waals surface area contributed by atoms with E-state index >= 15 is 0 Å². The minimum absolute atomic E-state index is 0.423. The monoisotopic (exact) mass is 435 g/mol. The van der Waals surface area contributed by atoms with Gasteiger partial charge in [-0.05, 0) is 73.4 Å².